The second-order valence-electron chi connectivity index (χ2n) is 10.4. The number of benzene rings is 1. The van der Waals surface area contributed by atoms with E-state index in [1.54, 1.807) is 12.1 Å². The standard InChI is InChI=1S/C26H30F3N5O3/c1-25(2,36)16-11-17(12-16)34-14-15-10-21(22(13-20(15)33-34)37-18-6-8-30-9-7-18)32-24(35)19-4-3-5-23(31-19)26(27,28)29/h3-5,10,13-14,16-18,30,36H,6-9,11-12H2,1-2H3,(H,32,35). The van der Waals surface area contributed by atoms with Gasteiger partial charge in [0, 0.05) is 17.6 Å². The van der Waals surface area contributed by atoms with Crippen LogP contribution in [-0.2, 0) is 6.18 Å². The molecule has 3 heterocycles. The predicted octanol–water partition coefficient (Wildman–Crippen LogP) is 4.56. The first-order chi connectivity index (χ1) is 17.5. The molecule has 1 saturated carbocycles. The van der Waals surface area contributed by atoms with Crippen molar-refractivity contribution in [2.24, 2.45) is 5.92 Å². The summed E-state index contributed by atoms with van der Waals surface area (Å²) < 4.78 is 47.4. The Kier molecular flexibility index (Phi) is 6.61. The molecule has 1 amide bonds. The minimum atomic E-state index is -4.65. The van der Waals surface area contributed by atoms with Gasteiger partial charge in [0.15, 0.2) is 0 Å². The number of aromatic nitrogens is 3. The lowest BCUT2D eigenvalue weighted by molar-refractivity contribution is -0.141. The molecule has 0 unspecified atom stereocenters. The Morgan fingerprint density at radius 3 is 2.59 bits per heavy atom. The number of ether oxygens (including phenoxy) is 1. The lowest BCUT2D eigenvalue weighted by Gasteiger charge is -2.42. The van der Waals surface area contributed by atoms with E-state index in [4.69, 9.17) is 9.84 Å². The normalized spacial score (nSPS) is 21.0. The Morgan fingerprint density at radius 1 is 1.19 bits per heavy atom. The van der Waals surface area contributed by atoms with Gasteiger partial charge in [0.25, 0.3) is 5.91 Å². The number of carbonyl (C=O) groups is 1. The Balaban J connectivity index is 1.43. The molecule has 5 rings (SSSR count). The molecule has 0 atom stereocenters. The molecule has 2 fully saturated rings. The van der Waals surface area contributed by atoms with Crippen molar-refractivity contribution in [3.63, 3.8) is 0 Å². The molecule has 0 radical (unpaired) electrons. The van der Waals surface area contributed by atoms with E-state index in [0.717, 1.165) is 56.3 Å². The molecule has 2 aliphatic rings. The first kappa shape index (κ1) is 25.5. The number of alkyl halides is 3. The van der Waals surface area contributed by atoms with Gasteiger partial charge >= 0.3 is 6.18 Å². The number of hydrogen-bond acceptors (Lipinski definition) is 6. The molecule has 198 valence electrons. The molecule has 3 N–H and O–H groups in total. The molecule has 11 heteroatoms. The van der Waals surface area contributed by atoms with Crippen molar-refractivity contribution in [1.82, 2.24) is 20.1 Å². The molecule has 0 bridgehead atoms. The molecule has 0 spiro atoms. The van der Waals surface area contributed by atoms with Gasteiger partial charge in [-0.1, -0.05) is 6.07 Å². The van der Waals surface area contributed by atoms with Gasteiger partial charge in [-0.25, -0.2) is 4.98 Å². The van der Waals surface area contributed by atoms with Crippen molar-refractivity contribution in [3.05, 3.63) is 47.9 Å². The molecular formula is C26H30F3N5O3. The number of piperidine rings is 1. The third-order valence-corrected chi connectivity index (χ3v) is 7.21. The third kappa shape index (κ3) is 5.57. The summed E-state index contributed by atoms with van der Waals surface area (Å²) in [6, 6.07) is 6.87. The predicted molar refractivity (Wildman–Crippen MR) is 132 cm³/mol. The maximum Gasteiger partial charge on any atom is 0.433 e. The van der Waals surface area contributed by atoms with Crippen LogP contribution >= 0.6 is 0 Å². The van der Waals surface area contributed by atoms with Crippen molar-refractivity contribution in [3.8, 4) is 5.75 Å². The Morgan fingerprint density at radius 2 is 1.92 bits per heavy atom. The zero-order chi connectivity index (χ0) is 26.4. The number of aliphatic hydroxyl groups is 1. The number of anilines is 1. The minimum absolute atomic E-state index is 0.0673. The van der Waals surface area contributed by atoms with Gasteiger partial charge in [-0.05, 0) is 76.7 Å². The maximum atomic E-state index is 13.1. The number of nitrogens with one attached hydrogen (secondary N) is 2. The number of hydrogen-bond donors (Lipinski definition) is 3. The van der Waals surface area contributed by atoms with Crippen molar-refractivity contribution in [2.45, 2.75) is 63.5 Å². The average molecular weight is 518 g/mol. The number of nitrogens with zero attached hydrogens (tertiary/aromatic N) is 3. The highest BCUT2D eigenvalue weighted by atomic mass is 19.4. The highest BCUT2D eigenvalue weighted by Crippen LogP contribution is 2.44. The number of amides is 1. The molecule has 2 aromatic heterocycles. The zero-order valence-electron chi connectivity index (χ0n) is 20.7. The van der Waals surface area contributed by atoms with E-state index in [0.29, 0.717) is 17.0 Å². The molecule has 1 aliphatic carbocycles. The fraction of sp³-hybridized carbons (Fsp3) is 0.500. The van der Waals surface area contributed by atoms with Crippen molar-refractivity contribution >= 4 is 22.5 Å². The summed E-state index contributed by atoms with van der Waals surface area (Å²) in [6.07, 6.45) is 0.348. The highest BCUT2D eigenvalue weighted by Gasteiger charge is 2.40. The van der Waals surface area contributed by atoms with Crippen LogP contribution in [0.15, 0.2) is 36.5 Å². The average Bonchev–Trinajstić information content (AvgIpc) is 3.19. The Bertz CT molecular complexity index is 1290. The molecule has 8 nitrogen and oxygen atoms in total. The van der Waals surface area contributed by atoms with Crippen LogP contribution in [0.5, 0.6) is 5.75 Å². The zero-order valence-corrected chi connectivity index (χ0v) is 20.7. The van der Waals surface area contributed by atoms with E-state index in [-0.39, 0.29) is 23.8 Å². The molecule has 37 heavy (non-hydrogen) atoms. The van der Waals surface area contributed by atoms with E-state index in [9.17, 15) is 23.1 Å². The molecule has 1 aliphatic heterocycles. The van der Waals surface area contributed by atoms with Crippen LogP contribution in [0.4, 0.5) is 18.9 Å². The van der Waals surface area contributed by atoms with Gasteiger partial charge in [0.1, 0.15) is 23.2 Å². The minimum Gasteiger partial charge on any atom is -0.488 e. The summed E-state index contributed by atoms with van der Waals surface area (Å²) >= 11 is 0. The third-order valence-electron chi connectivity index (χ3n) is 7.21. The van der Waals surface area contributed by atoms with E-state index >= 15 is 0 Å². The lowest BCUT2D eigenvalue weighted by atomic mass is 9.71. The summed E-state index contributed by atoms with van der Waals surface area (Å²) in [5, 5.41) is 21.7. The SMILES string of the molecule is CC(C)(O)C1CC(n2cc3cc(NC(=O)c4cccc(C(F)(F)F)n4)c(OC4CCNCC4)cc3n2)C1. The Hall–Kier alpha value is -3.18. The van der Waals surface area contributed by atoms with Crippen LogP contribution in [0.3, 0.4) is 0 Å². The van der Waals surface area contributed by atoms with Crippen LogP contribution < -0.4 is 15.4 Å². The largest absolute Gasteiger partial charge is 0.488 e. The summed E-state index contributed by atoms with van der Waals surface area (Å²) in [4.78, 5) is 16.4. The number of rotatable bonds is 6. The van der Waals surface area contributed by atoms with Gasteiger partial charge in [-0.2, -0.15) is 18.3 Å². The second-order valence-corrected chi connectivity index (χ2v) is 10.4. The van der Waals surface area contributed by atoms with Crippen LogP contribution in [0.2, 0.25) is 0 Å². The Labute approximate surface area is 212 Å². The molecule has 1 aromatic carbocycles. The maximum absolute atomic E-state index is 13.1. The fourth-order valence-electron chi connectivity index (χ4n) is 4.83. The van der Waals surface area contributed by atoms with Crippen LogP contribution in [0.1, 0.15) is 61.8 Å². The van der Waals surface area contributed by atoms with Gasteiger partial charge in [-0.3, -0.25) is 9.48 Å². The smallest absolute Gasteiger partial charge is 0.433 e. The van der Waals surface area contributed by atoms with Gasteiger partial charge in [0.2, 0.25) is 0 Å². The first-order valence-corrected chi connectivity index (χ1v) is 12.5. The molecule has 1 saturated heterocycles. The van der Waals surface area contributed by atoms with Crippen LogP contribution in [0.25, 0.3) is 10.9 Å². The van der Waals surface area contributed by atoms with E-state index < -0.39 is 23.4 Å². The molecule has 3 aromatic rings. The van der Waals surface area contributed by atoms with E-state index in [1.165, 1.54) is 6.07 Å². The summed E-state index contributed by atoms with van der Waals surface area (Å²) in [5.74, 6) is -0.161. The quantitative estimate of drug-likeness (QED) is 0.443. The highest BCUT2D eigenvalue weighted by molar-refractivity contribution is 6.05. The number of carbonyl (C=O) groups excluding carboxylic acids is 1. The first-order valence-electron chi connectivity index (χ1n) is 12.5. The lowest BCUT2D eigenvalue weighted by Crippen LogP contribution is -2.41. The van der Waals surface area contributed by atoms with Crippen LogP contribution in [0, 0.1) is 5.92 Å². The van der Waals surface area contributed by atoms with Crippen molar-refractivity contribution in [1.29, 1.82) is 0 Å². The monoisotopic (exact) mass is 517 g/mol. The topological polar surface area (TPSA) is 101 Å². The number of pyridine rings is 1. The fourth-order valence-corrected chi connectivity index (χ4v) is 4.83. The summed E-state index contributed by atoms with van der Waals surface area (Å²) in [6.45, 7) is 5.24. The molecular weight excluding hydrogens is 487 g/mol. The van der Waals surface area contributed by atoms with Crippen LogP contribution in [-0.4, -0.2) is 50.6 Å². The second kappa shape index (κ2) is 9.60. The van der Waals surface area contributed by atoms with E-state index in [2.05, 4.69) is 15.6 Å². The van der Waals surface area contributed by atoms with Gasteiger partial charge in [-0.15, -0.1) is 0 Å². The number of halogens is 3. The summed E-state index contributed by atoms with van der Waals surface area (Å²) in [7, 11) is 0. The van der Waals surface area contributed by atoms with Crippen molar-refractivity contribution < 1.29 is 27.8 Å². The van der Waals surface area contributed by atoms with Gasteiger partial charge in [0.05, 0.1) is 22.8 Å². The van der Waals surface area contributed by atoms with Crippen molar-refractivity contribution in [2.75, 3.05) is 18.4 Å². The van der Waals surface area contributed by atoms with Gasteiger partial charge < -0.3 is 20.5 Å². The van der Waals surface area contributed by atoms with E-state index in [1.807, 2.05) is 24.7 Å². The number of fused-ring (bicyclic) bond motifs is 1. The summed E-state index contributed by atoms with van der Waals surface area (Å²) in [5.41, 5.74) is -1.18.